The highest BCUT2D eigenvalue weighted by atomic mass is 16.5. The van der Waals surface area contributed by atoms with Gasteiger partial charge in [-0.2, -0.15) is 0 Å². The molecule has 0 amide bonds. The minimum Gasteiger partial charge on any atom is -0.468 e. The van der Waals surface area contributed by atoms with Gasteiger partial charge in [0.2, 0.25) is 0 Å². The Kier molecular flexibility index (Phi) is 5.39. The van der Waals surface area contributed by atoms with Crippen molar-refractivity contribution >= 4 is 35.4 Å². The average Bonchev–Trinajstić information content (AvgIpc) is 3.06. The first-order chi connectivity index (χ1) is 13.7. The predicted octanol–water partition coefficient (Wildman–Crippen LogP) is 0.101. The number of fused-ring (bicyclic) bond motifs is 1. The van der Waals surface area contributed by atoms with Crippen molar-refractivity contribution in [3.63, 3.8) is 0 Å². The van der Waals surface area contributed by atoms with Crippen LogP contribution in [-0.2, 0) is 47.7 Å². The zero-order valence-electron chi connectivity index (χ0n) is 18.2. The lowest BCUT2D eigenvalue weighted by atomic mass is 9.65. The Labute approximate surface area is 173 Å². The normalized spacial score (nSPS) is 39.9. The molecule has 0 aromatic heterocycles. The molecule has 10 nitrogen and oxygen atoms in total. The van der Waals surface area contributed by atoms with Crippen molar-refractivity contribution in [3.05, 3.63) is 0 Å². The molecule has 2 saturated carbocycles. The second-order valence-electron chi connectivity index (χ2n) is 8.39. The predicted molar refractivity (Wildman–Crippen MR) is 97.5 cm³/mol. The molecule has 0 N–H and O–H groups in total. The van der Waals surface area contributed by atoms with Crippen LogP contribution in [0.1, 0.15) is 27.7 Å². The number of Topliss-reactive ketones (excluding diaryl/α,β-unsaturated/α-hetero) is 2. The summed E-state index contributed by atoms with van der Waals surface area (Å²) in [5, 5.41) is 0. The Morgan fingerprint density at radius 2 is 0.700 bits per heavy atom. The second kappa shape index (κ2) is 6.88. The lowest BCUT2D eigenvalue weighted by Crippen LogP contribution is -2.54. The van der Waals surface area contributed by atoms with Crippen LogP contribution in [0.5, 0.6) is 0 Å². The molecule has 0 radical (unpaired) electrons. The van der Waals surface area contributed by atoms with Gasteiger partial charge in [0.1, 0.15) is 21.7 Å². The summed E-state index contributed by atoms with van der Waals surface area (Å²) in [6.45, 7) is 4.80. The van der Waals surface area contributed by atoms with Gasteiger partial charge in [-0.15, -0.1) is 0 Å². The number of ketones is 2. The number of ether oxygens (including phenoxy) is 4. The molecule has 2 fully saturated rings. The molecule has 0 aromatic carbocycles. The van der Waals surface area contributed by atoms with E-state index in [2.05, 4.69) is 0 Å². The highest BCUT2D eigenvalue weighted by Crippen LogP contribution is 2.71. The molecule has 0 aromatic rings. The topological polar surface area (TPSA) is 139 Å². The first kappa shape index (κ1) is 23.5. The summed E-state index contributed by atoms with van der Waals surface area (Å²) >= 11 is 0. The van der Waals surface area contributed by atoms with Gasteiger partial charge in [-0.3, -0.25) is 28.8 Å². The number of hydrogen-bond donors (Lipinski definition) is 0. The third kappa shape index (κ3) is 2.24. The molecule has 166 valence electrons. The molecule has 2 unspecified atom stereocenters. The van der Waals surface area contributed by atoms with E-state index in [0.29, 0.717) is 0 Å². The van der Waals surface area contributed by atoms with Crippen molar-refractivity contribution in [1.82, 2.24) is 0 Å². The summed E-state index contributed by atoms with van der Waals surface area (Å²) < 4.78 is 19.3. The summed E-state index contributed by atoms with van der Waals surface area (Å²) in [5.41, 5.74) is -8.47. The van der Waals surface area contributed by atoms with Crippen LogP contribution in [0.4, 0.5) is 0 Å². The molecule has 2 rings (SSSR count). The first-order valence-electron chi connectivity index (χ1n) is 9.16. The van der Waals surface area contributed by atoms with Crippen LogP contribution in [0.3, 0.4) is 0 Å². The number of methoxy groups -OCH3 is 4. The van der Waals surface area contributed by atoms with Crippen LogP contribution in [0.15, 0.2) is 0 Å². The van der Waals surface area contributed by atoms with E-state index in [-0.39, 0.29) is 0 Å². The van der Waals surface area contributed by atoms with Gasteiger partial charge in [0.05, 0.1) is 28.4 Å². The van der Waals surface area contributed by atoms with E-state index in [1.807, 2.05) is 0 Å². The SMILES string of the molecule is COC(=O)[C@@]1(C)C(=O)[C@@](C)(C(=O)OC)C2C1[C@](C)(C(=O)OC)C(=O)[C@]2(C)C(=O)OC. The zero-order valence-corrected chi connectivity index (χ0v) is 18.2. The molecular weight excluding hydrogens is 400 g/mol. The van der Waals surface area contributed by atoms with Crippen LogP contribution >= 0.6 is 0 Å². The van der Waals surface area contributed by atoms with Crippen molar-refractivity contribution in [1.29, 1.82) is 0 Å². The lowest BCUT2D eigenvalue weighted by molar-refractivity contribution is -0.170. The van der Waals surface area contributed by atoms with E-state index in [1.165, 1.54) is 27.7 Å². The van der Waals surface area contributed by atoms with Crippen molar-refractivity contribution < 1.29 is 47.7 Å². The Bertz CT molecular complexity index is 728. The molecule has 0 bridgehead atoms. The van der Waals surface area contributed by atoms with E-state index in [0.717, 1.165) is 28.4 Å². The number of hydrogen-bond acceptors (Lipinski definition) is 10. The second-order valence-corrected chi connectivity index (χ2v) is 8.39. The summed E-state index contributed by atoms with van der Waals surface area (Å²) in [5.74, 6) is -8.89. The van der Waals surface area contributed by atoms with Crippen molar-refractivity contribution in [2.24, 2.45) is 33.5 Å². The maximum Gasteiger partial charge on any atom is 0.319 e. The van der Waals surface area contributed by atoms with Gasteiger partial charge in [-0.05, 0) is 27.7 Å². The molecule has 30 heavy (non-hydrogen) atoms. The van der Waals surface area contributed by atoms with Gasteiger partial charge in [0.25, 0.3) is 0 Å². The molecule has 0 spiro atoms. The number of carbonyl (C=O) groups is 6. The number of carbonyl (C=O) groups excluding carboxylic acids is 6. The number of rotatable bonds is 4. The van der Waals surface area contributed by atoms with Crippen molar-refractivity contribution in [3.8, 4) is 0 Å². The summed E-state index contributed by atoms with van der Waals surface area (Å²) in [6.07, 6.45) is 0. The van der Waals surface area contributed by atoms with Crippen LogP contribution in [0.2, 0.25) is 0 Å². The average molecular weight is 426 g/mol. The fourth-order valence-corrected chi connectivity index (χ4v) is 5.86. The molecule has 0 heterocycles. The van der Waals surface area contributed by atoms with Gasteiger partial charge < -0.3 is 18.9 Å². The standard InChI is InChI=1S/C20H26O10/c1-17(13(23)27-5)9-10(19(3,11(17)21)15(25)29-7)20(4,16(26)30-8)12(22)18(9,2)14(24)28-6/h9-10H,1-8H3/t9?,10?,17-,18+,19+,20-. The molecule has 6 atom stereocenters. The lowest BCUT2D eigenvalue weighted by Gasteiger charge is -2.35. The van der Waals surface area contributed by atoms with Crippen LogP contribution in [0, 0.1) is 33.5 Å². The minimum atomic E-state index is -2.12. The molecular formula is C20H26O10. The van der Waals surface area contributed by atoms with Gasteiger partial charge in [-0.25, -0.2) is 0 Å². The van der Waals surface area contributed by atoms with Crippen LogP contribution < -0.4 is 0 Å². The van der Waals surface area contributed by atoms with Gasteiger partial charge >= 0.3 is 23.9 Å². The van der Waals surface area contributed by atoms with E-state index in [1.54, 1.807) is 0 Å². The minimum absolute atomic E-state index is 0.915. The molecule has 10 heteroatoms. The van der Waals surface area contributed by atoms with Crippen molar-refractivity contribution in [2.75, 3.05) is 28.4 Å². The monoisotopic (exact) mass is 426 g/mol. The Morgan fingerprint density at radius 1 is 0.533 bits per heavy atom. The van der Waals surface area contributed by atoms with Gasteiger partial charge in [0.15, 0.2) is 11.6 Å². The van der Waals surface area contributed by atoms with E-state index < -0.39 is 68.9 Å². The van der Waals surface area contributed by atoms with E-state index in [4.69, 9.17) is 18.9 Å². The Balaban J connectivity index is 3.07. The zero-order chi connectivity index (χ0) is 23.4. The van der Waals surface area contributed by atoms with Crippen LogP contribution in [0.25, 0.3) is 0 Å². The maximum absolute atomic E-state index is 13.7. The quantitative estimate of drug-likeness (QED) is 0.345. The Morgan fingerprint density at radius 3 is 0.833 bits per heavy atom. The number of esters is 4. The largest absolute Gasteiger partial charge is 0.468 e. The maximum atomic E-state index is 13.7. The summed E-state index contributed by atoms with van der Waals surface area (Å²) in [4.78, 5) is 78.8. The molecule has 2 aliphatic carbocycles. The first-order valence-corrected chi connectivity index (χ1v) is 9.16. The van der Waals surface area contributed by atoms with Gasteiger partial charge in [-0.1, -0.05) is 0 Å². The Hall–Kier alpha value is -2.78. The van der Waals surface area contributed by atoms with E-state index in [9.17, 15) is 28.8 Å². The van der Waals surface area contributed by atoms with Crippen molar-refractivity contribution in [2.45, 2.75) is 27.7 Å². The highest BCUT2D eigenvalue weighted by molar-refractivity contribution is 6.24. The van der Waals surface area contributed by atoms with Crippen LogP contribution in [-0.4, -0.2) is 63.9 Å². The molecule has 0 saturated heterocycles. The summed E-state index contributed by atoms with van der Waals surface area (Å²) in [6, 6.07) is 0. The molecule has 0 aliphatic heterocycles. The molecule has 2 aliphatic rings. The smallest absolute Gasteiger partial charge is 0.319 e. The van der Waals surface area contributed by atoms with Gasteiger partial charge in [0, 0.05) is 11.8 Å². The summed E-state index contributed by atoms with van der Waals surface area (Å²) in [7, 11) is 4.15. The third-order valence-electron chi connectivity index (χ3n) is 7.15. The van der Waals surface area contributed by atoms with E-state index >= 15 is 0 Å². The highest BCUT2D eigenvalue weighted by Gasteiger charge is 2.86. The fraction of sp³-hybridized carbons (Fsp3) is 0.700. The third-order valence-corrected chi connectivity index (χ3v) is 7.15. The fourth-order valence-electron chi connectivity index (χ4n) is 5.86.